The van der Waals surface area contributed by atoms with Gasteiger partial charge in [-0.1, -0.05) is 0 Å². The Morgan fingerprint density at radius 1 is 1.14 bits per heavy atom. The van der Waals surface area contributed by atoms with Crippen molar-refractivity contribution in [3.8, 4) is 0 Å². The smallest absolute Gasteiger partial charge is 0.246 e. The molecule has 29 heavy (non-hydrogen) atoms. The number of aryl methyl sites for hydroxylation is 1. The summed E-state index contributed by atoms with van der Waals surface area (Å²) >= 11 is 0. The van der Waals surface area contributed by atoms with Crippen LogP contribution in [0.25, 0.3) is 6.08 Å². The SMILES string of the molecule is Cn1nccc1/C=C/C(=O)N1CCCC(c2nccnc2Nc2ncccn2)C1. The fraction of sp³-hybridized carbons (Fsp3) is 0.300. The van der Waals surface area contributed by atoms with Gasteiger partial charge < -0.3 is 10.2 Å². The highest BCUT2D eigenvalue weighted by atomic mass is 16.2. The molecular weight excluding hydrogens is 368 g/mol. The Balaban J connectivity index is 1.48. The third-order valence-electron chi connectivity index (χ3n) is 4.90. The van der Waals surface area contributed by atoms with Gasteiger partial charge in [0, 0.05) is 63.1 Å². The van der Waals surface area contributed by atoms with Gasteiger partial charge in [-0.05, 0) is 31.1 Å². The normalized spacial score (nSPS) is 16.9. The van der Waals surface area contributed by atoms with Crippen LogP contribution in [0.5, 0.6) is 0 Å². The highest BCUT2D eigenvalue weighted by molar-refractivity contribution is 5.91. The van der Waals surface area contributed by atoms with E-state index in [1.165, 1.54) is 0 Å². The van der Waals surface area contributed by atoms with Crippen molar-refractivity contribution in [3.05, 3.63) is 60.6 Å². The second-order valence-corrected chi connectivity index (χ2v) is 6.82. The lowest BCUT2D eigenvalue weighted by Gasteiger charge is -2.32. The van der Waals surface area contributed by atoms with Gasteiger partial charge in [0.1, 0.15) is 0 Å². The zero-order valence-corrected chi connectivity index (χ0v) is 16.1. The first-order chi connectivity index (χ1) is 14.2. The maximum atomic E-state index is 12.7. The van der Waals surface area contributed by atoms with E-state index in [1.54, 1.807) is 53.9 Å². The van der Waals surface area contributed by atoms with Gasteiger partial charge in [-0.25, -0.2) is 15.0 Å². The van der Waals surface area contributed by atoms with Crippen LogP contribution in [0.4, 0.5) is 11.8 Å². The molecule has 9 heteroatoms. The lowest BCUT2D eigenvalue weighted by molar-refractivity contribution is -0.127. The van der Waals surface area contributed by atoms with E-state index < -0.39 is 0 Å². The molecule has 1 aliphatic rings. The molecule has 0 bridgehead atoms. The van der Waals surface area contributed by atoms with Gasteiger partial charge in [0.2, 0.25) is 11.9 Å². The summed E-state index contributed by atoms with van der Waals surface area (Å²) in [6.07, 6.45) is 13.6. The van der Waals surface area contributed by atoms with Crippen LogP contribution in [0.15, 0.2) is 49.2 Å². The summed E-state index contributed by atoms with van der Waals surface area (Å²) in [5, 5.41) is 7.25. The highest BCUT2D eigenvalue weighted by Gasteiger charge is 2.27. The second kappa shape index (κ2) is 8.59. The van der Waals surface area contributed by atoms with Crippen molar-refractivity contribution in [2.45, 2.75) is 18.8 Å². The van der Waals surface area contributed by atoms with E-state index in [0.29, 0.717) is 18.3 Å². The summed E-state index contributed by atoms with van der Waals surface area (Å²) in [7, 11) is 1.85. The number of carbonyl (C=O) groups excluding carboxylic acids is 1. The van der Waals surface area contributed by atoms with Gasteiger partial charge in [-0.3, -0.25) is 14.5 Å². The third kappa shape index (κ3) is 4.45. The molecule has 0 saturated carbocycles. The Bertz CT molecular complexity index is 1000. The highest BCUT2D eigenvalue weighted by Crippen LogP contribution is 2.30. The van der Waals surface area contributed by atoms with Crippen molar-refractivity contribution in [2.24, 2.45) is 7.05 Å². The lowest BCUT2D eigenvalue weighted by atomic mass is 9.94. The fourth-order valence-corrected chi connectivity index (χ4v) is 3.42. The standard InChI is InChI=1S/C20H22N8O/c1-27-16(7-10-25-27)5-6-17(29)28-13-2-4-15(14-28)18-19(22-12-11-21-18)26-20-23-8-3-9-24-20/h3,5-12,15H,2,4,13-14H2,1H3,(H,22,23,24,26)/b6-5+. The number of nitrogens with zero attached hydrogens (tertiary/aromatic N) is 7. The maximum Gasteiger partial charge on any atom is 0.246 e. The number of hydrogen-bond acceptors (Lipinski definition) is 7. The molecule has 1 aliphatic heterocycles. The number of nitrogens with one attached hydrogen (secondary N) is 1. The molecule has 0 spiro atoms. The van der Waals surface area contributed by atoms with Gasteiger partial charge in [-0.15, -0.1) is 0 Å². The molecule has 1 unspecified atom stereocenters. The van der Waals surface area contributed by atoms with Crippen molar-refractivity contribution in [3.63, 3.8) is 0 Å². The fourth-order valence-electron chi connectivity index (χ4n) is 3.42. The van der Waals surface area contributed by atoms with E-state index in [-0.39, 0.29) is 11.8 Å². The van der Waals surface area contributed by atoms with Crippen LogP contribution in [0.2, 0.25) is 0 Å². The first kappa shape index (κ1) is 18.7. The minimum atomic E-state index is -0.0132. The monoisotopic (exact) mass is 390 g/mol. The summed E-state index contributed by atoms with van der Waals surface area (Å²) in [6.45, 7) is 1.33. The molecule has 9 nitrogen and oxygen atoms in total. The third-order valence-corrected chi connectivity index (χ3v) is 4.90. The number of piperidine rings is 1. The first-order valence-corrected chi connectivity index (χ1v) is 9.50. The summed E-state index contributed by atoms with van der Waals surface area (Å²) in [6, 6.07) is 3.62. The molecule has 1 fully saturated rings. The molecule has 0 radical (unpaired) electrons. The molecule has 1 N–H and O–H groups in total. The van der Waals surface area contributed by atoms with Gasteiger partial charge in [-0.2, -0.15) is 5.10 Å². The number of anilines is 2. The molecule has 4 rings (SSSR count). The van der Waals surface area contributed by atoms with Crippen molar-refractivity contribution in [1.29, 1.82) is 0 Å². The minimum Gasteiger partial charge on any atom is -0.338 e. The minimum absolute atomic E-state index is 0.0132. The van der Waals surface area contributed by atoms with Crippen LogP contribution in [0.1, 0.15) is 30.1 Å². The summed E-state index contributed by atoms with van der Waals surface area (Å²) in [4.78, 5) is 31.9. The molecule has 1 atom stereocenters. The number of rotatable bonds is 5. The maximum absolute atomic E-state index is 12.7. The van der Waals surface area contributed by atoms with E-state index >= 15 is 0 Å². The van der Waals surface area contributed by atoms with Crippen LogP contribution in [-0.2, 0) is 11.8 Å². The van der Waals surface area contributed by atoms with E-state index in [9.17, 15) is 4.79 Å². The van der Waals surface area contributed by atoms with Crippen molar-refractivity contribution >= 4 is 23.7 Å². The molecule has 4 heterocycles. The van der Waals surface area contributed by atoms with Crippen LogP contribution in [0.3, 0.4) is 0 Å². The molecule has 0 aliphatic carbocycles. The number of aromatic nitrogens is 6. The van der Waals surface area contributed by atoms with Crippen molar-refractivity contribution in [2.75, 3.05) is 18.4 Å². The number of carbonyl (C=O) groups is 1. The molecule has 1 saturated heterocycles. The quantitative estimate of drug-likeness (QED) is 0.666. The Morgan fingerprint density at radius 3 is 2.76 bits per heavy atom. The zero-order chi connectivity index (χ0) is 20.1. The van der Waals surface area contributed by atoms with Crippen LogP contribution in [-0.4, -0.2) is 53.6 Å². The van der Waals surface area contributed by atoms with Gasteiger partial charge in [0.15, 0.2) is 5.82 Å². The largest absolute Gasteiger partial charge is 0.338 e. The number of amides is 1. The predicted molar refractivity (Wildman–Crippen MR) is 108 cm³/mol. The first-order valence-electron chi connectivity index (χ1n) is 9.50. The summed E-state index contributed by atoms with van der Waals surface area (Å²) in [5.41, 5.74) is 1.71. The molecule has 3 aromatic rings. The topological polar surface area (TPSA) is 102 Å². The van der Waals surface area contributed by atoms with Gasteiger partial charge in [0.05, 0.1) is 11.4 Å². The zero-order valence-electron chi connectivity index (χ0n) is 16.1. The van der Waals surface area contributed by atoms with E-state index in [0.717, 1.165) is 30.8 Å². The molecular formula is C20H22N8O. The molecule has 0 aromatic carbocycles. The van der Waals surface area contributed by atoms with Crippen LogP contribution < -0.4 is 5.32 Å². The van der Waals surface area contributed by atoms with E-state index in [1.807, 2.05) is 18.0 Å². The average molecular weight is 390 g/mol. The van der Waals surface area contributed by atoms with Crippen molar-refractivity contribution in [1.82, 2.24) is 34.6 Å². The Morgan fingerprint density at radius 2 is 1.97 bits per heavy atom. The van der Waals surface area contributed by atoms with E-state index in [4.69, 9.17) is 0 Å². The Kier molecular flexibility index (Phi) is 5.55. The van der Waals surface area contributed by atoms with Crippen LogP contribution >= 0.6 is 0 Å². The number of likely N-dealkylation sites (tertiary alicyclic amines) is 1. The predicted octanol–water partition coefficient (Wildman–Crippen LogP) is 2.16. The Labute approximate surface area is 168 Å². The summed E-state index contributed by atoms with van der Waals surface area (Å²) in [5.74, 6) is 1.18. The molecule has 1 amide bonds. The average Bonchev–Trinajstić information content (AvgIpc) is 3.18. The Hall–Kier alpha value is -3.62. The lowest BCUT2D eigenvalue weighted by Crippen LogP contribution is -2.38. The second-order valence-electron chi connectivity index (χ2n) is 6.82. The van der Waals surface area contributed by atoms with Gasteiger partial charge in [0.25, 0.3) is 0 Å². The molecule has 148 valence electrons. The van der Waals surface area contributed by atoms with Gasteiger partial charge >= 0.3 is 0 Å². The number of hydrogen-bond donors (Lipinski definition) is 1. The summed E-state index contributed by atoms with van der Waals surface area (Å²) < 4.78 is 1.73. The van der Waals surface area contributed by atoms with Crippen molar-refractivity contribution < 1.29 is 4.79 Å². The van der Waals surface area contributed by atoms with Crippen LogP contribution in [0, 0.1) is 0 Å². The van der Waals surface area contributed by atoms with E-state index in [2.05, 4.69) is 30.4 Å². The molecule has 3 aromatic heterocycles.